The molecule has 0 amide bonds. The third-order valence-electron chi connectivity index (χ3n) is 2.76. The number of methoxy groups -OCH3 is 1. The molecule has 1 fully saturated rings. The van der Waals surface area contributed by atoms with Crippen LogP contribution in [0.3, 0.4) is 0 Å². The van der Waals surface area contributed by atoms with Crippen LogP contribution in [-0.2, 0) is 4.74 Å². The number of hydrogen-bond donors (Lipinski definition) is 1. The molecular formula is C11H14N2O2. The van der Waals surface area contributed by atoms with Crippen molar-refractivity contribution in [1.29, 1.82) is 0 Å². The van der Waals surface area contributed by atoms with E-state index in [1.165, 1.54) is 7.11 Å². The molecule has 1 saturated heterocycles. The van der Waals surface area contributed by atoms with Gasteiger partial charge in [-0.2, -0.15) is 0 Å². The SMILES string of the molecule is COC(=O)c1cnccc1C1CCNC1. The molecule has 15 heavy (non-hydrogen) atoms. The molecule has 2 rings (SSSR count). The summed E-state index contributed by atoms with van der Waals surface area (Å²) in [4.78, 5) is 15.5. The maximum absolute atomic E-state index is 11.5. The van der Waals surface area contributed by atoms with Gasteiger partial charge in [-0.1, -0.05) is 0 Å². The van der Waals surface area contributed by atoms with Crippen molar-refractivity contribution < 1.29 is 9.53 Å². The van der Waals surface area contributed by atoms with E-state index in [4.69, 9.17) is 4.74 Å². The number of aromatic nitrogens is 1. The largest absolute Gasteiger partial charge is 0.465 e. The Bertz CT molecular complexity index is 359. The zero-order valence-corrected chi connectivity index (χ0v) is 8.69. The summed E-state index contributed by atoms with van der Waals surface area (Å²) in [6.45, 7) is 1.93. The number of nitrogens with one attached hydrogen (secondary N) is 1. The fraction of sp³-hybridized carbons (Fsp3) is 0.455. The van der Waals surface area contributed by atoms with Crippen molar-refractivity contribution in [3.63, 3.8) is 0 Å². The van der Waals surface area contributed by atoms with Crippen LogP contribution in [0.2, 0.25) is 0 Å². The van der Waals surface area contributed by atoms with Crippen LogP contribution in [0.4, 0.5) is 0 Å². The van der Waals surface area contributed by atoms with E-state index in [0.717, 1.165) is 25.1 Å². The van der Waals surface area contributed by atoms with Gasteiger partial charge in [-0.3, -0.25) is 4.98 Å². The molecule has 0 aromatic carbocycles. The van der Waals surface area contributed by atoms with Crippen molar-refractivity contribution in [2.75, 3.05) is 20.2 Å². The standard InChI is InChI=1S/C11H14N2O2/c1-15-11(14)10-7-13-5-3-9(10)8-2-4-12-6-8/h3,5,7-8,12H,2,4,6H2,1H3. The lowest BCUT2D eigenvalue weighted by Crippen LogP contribution is -2.12. The monoisotopic (exact) mass is 206 g/mol. The van der Waals surface area contributed by atoms with Gasteiger partial charge in [-0.05, 0) is 30.5 Å². The maximum Gasteiger partial charge on any atom is 0.339 e. The summed E-state index contributed by atoms with van der Waals surface area (Å²) in [5, 5.41) is 3.28. The average Bonchev–Trinajstić information content (AvgIpc) is 2.81. The summed E-state index contributed by atoms with van der Waals surface area (Å²) < 4.78 is 4.74. The van der Waals surface area contributed by atoms with Gasteiger partial charge in [0.25, 0.3) is 0 Å². The highest BCUT2D eigenvalue weighted by molar-refractivity contribution is 5.90. The first kappa shape index (κ1) is 10.1. The van der Waals surface area contributed by atoms with Crippen LogP contribution in [0.5, 0.6) is 0 Å². The highest BCUT2D eigenvalue weighted by Gasteiger charge is 2.22. The molecule has 0 saturated carbocycles. The van der Waals surface area contributed by atoms with Crippen LogP contribution in [0.1, 0.15) is 28.3 Å². The molecule has 0 spiro atoms. The van der Waals surface area contributed by atoms with Gasteiger partial charge in [0.1, 0.15) is 0 Å². The smallest absolute Gasteiger partial charge is 0.339 e. The second kappa shape index (κ2) is 4.40. The second-order valence-corrected chi connectivity index (χ2v) is 3.64. The van der Waals surface area contributed by atoms with Crippen molar-refractivity contribution in [2.24, 2.45) is 0 Å². The summed E-state index contributed by atoms with van der Waals surface area (Å²) in [6, 6.07) is 1.91. The first-order valence-electron chi connectivity index (χ1n) is 5.06. The summed E-state index contributed by atoms with van der Waals surface area (Å²) >= 11 is 0. The third-order valence-corrected chi connectivity index (χ3v) is 2.76. The van der Waals surface area contributed by atoms with Gasteiger partial charge in [0.2, 0.25) is 0 Å². The fourth-order valence-electron chi connectivity index (χ4n) is 1.96. The highest BCUT2D eigenvalue weighted by atomic mass is 16.5. The van der Waals surface area contributed by atoms with Gasteiger partial charge >= 0.3 is 5.97 Å². The molecule has 1 atom stereocenters. The number of carbonyl (C=O) groups excluding carboxylic acids is 1. The van der Waals surface area contributed by atoms with E-state index in [-0.39, 0.29) is 5.97 Å². The minimum Gasteiger partial charge on any atom is -0.465 e. The van der Waals surface area contributed by atoms with Crippen LogP contribution < -0.4 is 5.32 Å². The number of hydrogen-bond acceptors (Lipinski definition) is 4. The Morgan fingerprint density at radius 1 is 1.67 bits per heavy atom. The van der Waals surface area contributed by atoms with Crippen molar-refractivity contribution in [2.45, 2.75) is 12.3 Å². The zero-order valence-electron chi connectivity index (χ0n) is 8.69. The minimum absolute atomic E-state index is 0.301. The van der Waals surface area contributed by atoms with Gasteiger partial charge in [0, 0.05) is 18.9 Å². The normalized spacial score (nSPS) is 20.2. The lowest BCUT2D eigenvalue weighted by atomic mass is 9.95. The molecule has 1 unspecified atom stereocenters. The summed E-state index contributed by atoms with van der Waals surface area (Å²) in [7, 11) is 1.39. The van der Waals surface area contributed by atoms with E-state index >= 15 is 0 Å². The van der Waals surface area contributed by atoms with Crippen LogP contribution in [-0.4, -0.2) is 31.2 Å². The predicted molar refractivity (Wildman–Crippen MR) is 55.8 cm³/mol. The Labute approximate surface area is 88.7 Å². The van der Waals surface area contributed by atoms with E-state index in [0.29, 0.717) is 11.5 Å². The first-order valence-corrected chi connectivity index (χ1v) is 5.06. The molecule has 1 aromatic rings. The Hall–Kier alpha value is -1.42. The fourth-order valence-corrected chi connectivity index (χ4v) is 1.96. The van der Waals surface area contributed by atoms with E-state index in [1.807, 2.05) is 6.07 Å². The quantitative estimate of drug-likeness (QED) is 0.732. The number of pyridine rings is 1. The van der Waals surface area contributed by atoms with Crippen LogP contribution in [0.15, 0.2) is 18.5 Å². The average molecular weight is 206 g/mol. The third kappa shape index (κ3) is 1.99. The molecule has 1 N–H and O–H groups in total. The summed E-state index contributed by atoms with van der Waals surface area (Å²) in [5.41, 5.74) is 1.63. The molecule has 0 bridgehead atoms. The van der Waals surface area contributed by atoms with Crippen LogP contribution in [0.25, 0.3) is 0 Å². The summed E-state index contributed by atoms with van der Waals surface area (Å²) in [5.74, 6) is 0.104. The Balaban J connectivity index is 2.32. The zero-order chi connectivity index (χ0) is 10.7. The molecule has 0 aliphatic carbocycles. The molecule has 1 aliphatic rings. The van der Waals surface area contributed by atoms with Crippen molar-refractivity contribution >= 4 is 5.97 Å². The lowest BCUT2D eigenvalue weighted by molar-refractivity contribution is 0.0598. The van der Waals surface area contributed by atoms with Gasteiger partial charge in [0.15, 0.2) is 0 Å². The van der Waals surface area contributed by atoms with E-state index in [2.05, 4.69) is 10.3 Å². The minimum atomic E-state index is -0.301. The van der Waals surface area contributed by atoms with Gasteiger partial charge in [-0.25, -0.2) is 4.79 Å². The molecule has 4 heteroatoms. The Morgan fingerprint density at radius 2 is 2.53 bits per heavy atom. The van der Waals surface area contributed by atoms with Crippen molar-refractivity contribution in [3.8, 4) is 0 Å². The van der Waals surface area contributed by atoms with Gasteiger partial charge in [0.05, 0.1) is 12.7 Å². The number of carbonyl (C=O) groups is 1. The molecule has 80 valence electrons. The van der Waals surface area contributed by atoms with E-state index < -0.39 is 0 Å². The topological polar surface area (TPSA) is 51.2 Å². The van der Waals surface area contributed by atoms with Gasteiger partial charge in [-0.15, -0.1) is 0 Å². The molecular weight excluding hydrogens is 192 g/mol. The van der Waals surface area contributed by atoms with Crippen LogP contribution in [0, 0.1) is 0 Å². The van der Waals surface area contributed by atoms with Crippen LogP contribution >= 0.6 is 0 Å². The molecule has 0 radical (unpaired) electrons. The predicted octanol–water partition coefficient (Wildman–Crippen LogP) is 0.945. The Morgan fingerprint density at radius 3 is 3.20 bits per heavy atom. The maximum atomic E-state index is 11.5. The molecule has 4 nitrogen and oxygen atoms in total. The molecule has 1 aromatic heterocycles. The highest BCUT2D eigenvalue weighted by Crippen LogP contribution is 2.25. The van der Waals surface area contributed by atoms with Crippen molar-refractivity contribution in [1.82, 2.24) is 10.3 Å². The number of esters is 1. The number of nitrogens with zero attached hydrogens (tertiary/aromatic N) is 1. The Kier molecular flexibility index (Phi) is 2.97. The first-order chi connectivity index (χ1) is 7.33. The molecule has 1 aliphatic heterocycles. The summed E-state index contributed by atoms with van der Waals surface area (Å²) in [6.07, 6.45) is 4.37. The van der Waals surface area contributed by atoms with Gasteiger partial charge < -0.3 is 10.1 Å². The van der Waals surface area contributed by atoms with E-state index in [9.17, 15) is 4.79 Å². The molecule has 2 heterocycles. The lowest BCUT2D eigenvalue weighted by Gasteiger charge is -2.12. The van der Waals surface area contributed by atoms with E-state index in [1.54, 1.807) is 12.4 Å². The number of ether oxygens (including phenoxy) is 1. The number of rotatable bonds is 2. The van der Waals surface area contributed by atoms with Crippen molar-refractivity contribution in [3.05, 3.63) is 29.6 Å². The second-order valence-electron chi connectivity index (χ2n) is 3.64.